The summed E-state index contributed by atoms with van der Waals surface area (Å²) in [6.45, 7) is 13.5. The molecule has 0 radical (unpaired) electrons. The second-order valence-electron chi connectivity index (χ2n) is 9.06. The van der Waals surface area contributed by atoms with Gasteiger partial charge < -0.3 is 15.4 Å². The molecule has 1 aliphatic carbocycles. The minimum Gasteiger partial charge on any atom is -0.378 e. The van der Waals surface area contributed by atoms with Crippen LogP contribution >= 0.6 is 24.8 Å². The molecule has 1 amide bonds. The van der Waals surface area contributed by atoms with E-state index in [4.69, 9.17) is 10.5 Å². The van der Waals surface area contributed by atoms with Gasteiger partial charge in [0, 0.05) is 44.6 Å². The minimum absolute atomic E-state index is 0. The van der Waals surface area contributed by atoms with Crippen LogP contribution in [0.1, 0.15) is 46.1 Å². The lowest BCUT2D eigenvalue weighted by Gasteiger charge is -2.58. The Morgan fingerprint density at radius 3 is 2.47 bits per heavy atom. The number of hydrogen-bond donors (Lipinski definition) is 1. The average molecular weight is 460 g/mol. The van der Waals surface area contributed by atoms with E-state index in [-0.39, 0.29) is 42.2 Å². The number of amides is 1. The van der Waals surface area contributed by atoms with E-state index >= 15 is 0 Å². The van der Waals surface area contributed by atoms with E-state index in [0.29, 0.717) is 25.5 Å². The van der Waals surface area contributed by atoms with Crippen LogP contribution in [0.5, 0.6) is 0 Å². The molecule has 0 bridgehead atoms. The fourth-order valence-corrected chi connectivity index (χ4v) is 4.79. The van der Waals surface area contributed by atoms with Crippen molar-refractivity contribution >= 4 is 30.7 Å². The van der Waals surface area contributed by atoms with Gasteiger partial charge in [0.2, 0.25) is 5.91 Å². The Hall–Kier alpha value is -0.850. The molecule has 0 spiro atoms. The number of hydrogen-bond acceptors (Lipinski definition) is 4. The Bertz CT molecular complexity index is 674. The summed E-state index contributed by atoms with van der Waals surface area (Å²) in [4.78, 5) is 17.8. The third kappa shape index (κ3) is 5.31. The van der Waals surface area contributed by atoms with Crippen LogP contribution in [0.25, 0.3) is 0 Å². The lowest BCUT2D eigenvalue weighted by molar-refractivity contribution is -0.179. The number of nitrogens with zero attached hydrogens (tertiary/aromatic N) is 2. The molecule has 3 atom stereocenters. The molecule has 7 heteroatoms. The molecular weight excluding hydrogens is 421 g/mol. The molecule has 1 aromatic carbocycles. The van der Waals surface area contributed by atoms with Gasteiger partial charge in [0.05, 0.1) is 6.10 Å². The highest BCUT2D eigenvalue weighted by Gasteiger charge is 2.63. The summed E-state index contributed by atoms with van der Waals surface area (Å²) in [5.41, 5.74) is 6.85. The minimum atomic E-state index is -0.814. The van der Waals surface area contributed by atoms with Gasteiger partial charge in [0.1, 0.15) is 5.54 Å². The van der Waals surface area contributed by atoms with E-state index in [2.05, 4.69) is 56.0 Å². The number of likely N-dealkylation sites (N-methyl/N-ethyl adjacent to an activating group) is 1. The molecule has 2 N–H and O–H groups in total. The van der Waals surface area contributed by atoms with Crippen molar-refractivity contribution in [2.75, 3.05) is 32.8 Å². The summed E-state index contributed by atoms with van der Waals surface area (Å²) in [6, 6.07) is 10.6. The van der Waals surface area contributed by atoms with Crippen LogP contribution < -0.4 is 5.73 Å². The summed E-state index contributed by atoms with van der Waals surface area (Å²) in [5, 5.41) is 0. The van der Waals surface area contributed by atoms with Gasteiger partial charge in [0.25, 0.3) is 0 Å². The molecule has 1 aromatic rings. The molecular formula is C23H39Cl2N3O2. The summed E-state index contributed by atoms with van der Waals surface area (Å²) in [5.74, 6) is 0.611. The van der Waals surface area contributed by atoms with Crippen molar-refractivity contribution in [3.05, 3.63) is 35.9 Å². The van der Waals surface area contributed by atoms with Gasteiger partial charge in [-0.1, -0.05) is 44.2 Å². The second-order valence-corrected chi connectivity index (χ2v) is 9.06. The molecule has 2 aliphatic rings. The lowest BCUT2D eigenvalue weighted by atomic mass is 9.54. The van der Waals surface area contributed by atoms with Gasteiger partial charge in [-0.05, 0) is 38.3 Å². The van der Waals surface area contributed by atoms with E-state index in [1.165, 1.54) is 5.56 Å². The van der Waals surface area contributed by atoms with Crippen LogP contribution in [0, 0.1) is 11.3 Å². The Balaban J connectivity index is 0.00000225. The van der Waals surface area contributed by atoms with Gasteiger partial charge in [-0.15, -0.1) is 24.8 Å². The van der Waals surface area contributed by atoms with Crippen molar-refractivity contribution in [3.63, 3.8) is 0 Å². The normalized spacial score (nSPS) is 27.5. The largest absolute Gasteiger partial charge is 0.378 e. The number of halogens is 2. The molecule has 172 valence electrons. The average Bonchev–Trinajstić information content (AvgIpc) is 3.13. The third-order valence-corrected chi connectivity index (χ3v) is 6.98. The maximum Gasteiger partial charge on any atom is 0.243 e. The van der Waals surface area contributed by atoms with Crippen LogP contribution in [0.4, 0.5) is 0 Å². The standard InChI is InChI=1S/C23H37N3O2.2ClH/c1-5-26(21(27)23(24)14-20(28-6-2)22(23,3)4)17-19-12-13-25(16-19)15-18-10-8-7-9-11-18;;/h7-11,19-20H,5-6,12-17,24H2,1-4H3;2*1H. The maximum absolute atomic E-state index is 13.3. The molecule has 3 rings (SSSR count). The molecule has 5 nitrogen and oxygen atoms in total. The number of nitrogens with two attached hydrogens (primary N) is 1. The Labute approximate surface area is 194 Å². The number of carbonyl (C=O) groups is 1. The van der Waals surface area contributed by atoms with Crippen molar-refractivity contribution in [2.24, 2.45) is 17.1 Å². The highest BCUT2D eigenvalue weighted by Crippen LogP contribution is 2.50. The second kappa shape index (κ2) is 11.1. The van der Waals surface area contributed by atoms with E-state index in [0.717, 1.165) is 32.6 Å². The number of rotatable bonds is 8. The summed E-state index contributed by atoms with van der Waals surface area (Å²) in [6.07, 6.45) is 1.82. The number of ether oxygens (including phenoxy) is 1. The first-order valence-electron chi connectivity index (χ1n) is 10.8. The summed E-state index contributed by atoms with van der Waals surface area (Å²) >= 11 is 0. The van der Waals surface area contributed by atoms with E-state index in [1.807, 2.05) is 11.8 Å². The third-order valence-electron chi connectivity index (χ3n) is 6.98. The van der Waals surface area contributed by atoms with E-state index in [1.54, 1.807) is 0 Å². The zero-order valence-corrected chi connectivity index (χ0v) is 20.4. The molecule has 30 heavy (non-hydrogen) atoms. The van der Waals surface area contributed by atoms with Crippen molar-refractivity contribution in [1.29, 1.82) is 0 Å². The fraction of sp³-hybridized carbons (Fsp3) is 0.696. The van der Waals surface area contributed by atoms with Gasteiger partial charge >= 0.3 is 0 Å². The van der Waals surface area contributed by atoms with Crippen LogP contribution in [0.15, 0.2) is 30.3 Å². The predicted octanol–water partition coefficient (Wildman–Crippen LogP) is 3.73. The number of benzene rings is 1. The van der Waals surface area contributed by atoms with Gasteiger partial charge in [0.15, 0.2) is 0 Å². The highest BCUT2D eigenvalue weighted by molar-refractivity contribution is 5.89. The van der Waals surface area contributed by atoms with Crippen molar-refractivity contribution in [1.82, 2.24) is 9.80 Å². The van der Waals surface area contributed by atoms with Crippen molar-refractivity contribution < 1.29 is 9.53 Å². The number of carbonyl (C=O) groups excluding carboxylic acids is 1. The fourth-order valence-electron chi connectivity index (χ4n) is 4.79. The van der Waals surface area contributed by atoms with Crippen LogP contribution in [0.2, 0.25) is 0 Å². The summed E-state index contributed by atoms with van der Waals surface area (Å²) in [7, 11) is 0. The van der Waals surface area contributed by atoms with Crippen LogP contribution in [-0.2, 0) is 16.1 Å². The monoisotopic (exact) mass is 459 g/mol. The highest BCUT2D eigenvalue weighted by atomic mass is 35.5. The Morgan fingerprint density at radius 2 is 1.90 bits per heavy atom. The molecule has 1 heterocycles. The van der Waals surface area contributed by atoms with Crippen molar-refractivity contribution in [2.45, 2.75) is 58.7 Å². The van der Waals surface area contributed by atoms with Gasteiger partial charge in [-0.3, -0.25) is 9.69 Å². The zero-order valence-electron chi connectivity index (χ0n) is 18.8. The Kier molecular flexibility index (Phi) is 10.1. The first-order valence-corrected chi connectivity index (χ1v) is 10.8. The topological polar surface area (TPSA) is 58.8 Å². The van der Waals surface area contributed by atoms with Crippen molar-refractivity contribution in [3.8, 4) is 0 Å². The van der Waals surface area contributed by atoms with Gasteiger partial charge in [-0.25, -0.2) is 0 Å². The molecule has 2 fully saturated rings. The number of likely N-dealkylation sites (tertiary alicyclic amines) is 1. The van der Waals surface area contributed by atoms with Crippen LogP contribution in [-0.4, -0.2) is 60.1 Å². The smallest absolute Gasteiger partial charge is 0.243 e. The van der Waals surface area contributed by atoms with Crippen LogP contribution in [0.3, 0.4) is 0 Å². The first-order chi connectivity index (χ1) is 13.3. The molecule has 0 aromatic heterocycles. The van der Waals surface area contributed by atoms with E-state index in [9.17, 15) is 4.79 Å². The van der Waals surface area contributed by atoms with Gasteiger partial charge in [-0.2, -0.15) is 0 Å². The molecule has 1 saturated carbocycles. The Morgan fingerprint density at radius 1 is 1.23 bits per heavy atom. The maximum atomic E-state index is 13.3. The SMILES string of the molecule is CCOC1CC(N)(C(=O)N(CC)CC2CCN(Cc3ccccc3)C2)C1(C)C.Cl.Cl. The van der Waals surface area contributed by atoms with E-state index < -0.39 is 5.54 Å². The first kappa shape index (κ1) is 27.2. The predicted molar refractivity (Wildman–Crippen MR) is 127 cm³/mol. The zero-order chi connectivity index (χ0) is 20.4. The molecule has 1 saturated heterocycles. The molecule has 3 unspecified atom stereocenters. The quantitative estimate of drug-likeness (QED) is 0.642. The molecule has 1 aliphatic heterocycles. The summed E-state index contributed by atoms with van der Waals surface area (Å²) < 4.78 is 5.80. The lowest BCUT2D eigenvalue weighted by Crippen LogP contribution is -2.76.